The van der Waals surface area contributed by atoms with Crippen LogP contribution in [0.1, 0.15) is 0 Å². The number of rotatable bonds is 5. The largest absolute Gasteiger partial charge is 0.455 e. The molecule has 0 aliphatic heterocycles. The minimum absolute atomic E-state index is 0.621. The van der Waals surface area contributed by atoms with E-state index in [0.29, 0.717) is 17.5 Å². The van der Waals surface area contributed by atoms with E-state index >= 15 is 0 Å². The highest BCUT2D eigenvalue weighted by Crippen LogP contribution is 2.48. The maximum Gasteiger partial charge on any atom is 0.164 e. The molecular formula is C45H27N3O. The fraction of sp³-hybridized carbons (Fsp3) is 0. The number of furan rings is 1. The van der Waals surface area contributed by atoms with Crippen LogP contribution >= 0.6 is 0 Å². The Bertz CT molecular complexity index is 2750. The Labute approximate surface area is 282 Å². The zero-order valence-electron chi connectivity index (χ0n) is 26.3. The van der Waals surface area contributed by atoms with Gasteiger partial charge < -0.3 is 4.42 Å². The number of fused-ring (bicyclic) bond motifs is 3. The Kier molecular flexibility index (Phi) is 6.15. The van der Waals surface area contributed by atoms with Crippen LogP contribution in [0.2, 0.25) is 0 Å². The predicted molar refractivity (Wildman–Crippen MR) is 200 cm³/mol. The average molecular weight is 626 g/mol. The van der Waals surface area contributed by atoms with Gasteiger partial charge in [0.25, 0.3) is 0 Å². The molecule has 10 rings (SSSR count). The van der Waals surface area contributed by atoms with E-state index in [1.54, 1.807) is 0 Å². The molecule has 8 aromatic carbocycles. The number of benzene rings is 8. The van der Waals surface area contributed by atoms with E-state index < -0.39 is 0 Å². The third kappa shape index (κ3) is 4.42. The van der Waals surface area contributed by atoms with E-state index in [-0.39, 0.29) is 0 Å². The van der Waals surface area contributed by atoms with E-state index in [9.17, 15) is 0 Å². The fourth-order valence-corrected chi connectivity index (χ4v) is 7.21. The summed E-state index contributed by atoms with van der Waals surface area (Å²) in [7, 11) is 0. The first-order valence-electron chi connectivity index (χ1n) is 16.5. The fourth-order valence-electron chi connectivity index (χ4n) is 7.21. The molecular weight excluding hydrogens is 599 g/mol. The van der Waals surface area contributed by atoms with Crippen LogP contribution in [0.3, 0.4) is 0 Å². The van der Waals surface area contributed by atoms with Crippen LogP contribution in [0, 0.1) is 0 Å². The van der Waals surface area contributed by atoms with Crippen molar-refractivity contribution >= 4 is 43.5 Å². The first kappa shape index (κ1) is 27.5. The van der Waals surface area contributed by atoms with Gasteiger partial charge in [0.1, 0.15) is 11.2 Å². The van der Waals surface area contributed by atoms with Crippen LogP contribution in [0.25, 0.3) is 99.9 Å². The third-order valence-electron chi connectivity index (χ3n) is 9.49. The van der Waals surface area contributed by atoms with Gasteiger partial charge in [-0.2, -0.15) is 0 Å². The van der Waals surface area contributed by atoms with Gasteiger partial charge >= 0.3 is 0 Å². The lowest BCUT2D eigenvalue weighted by molar-refractivity contribution is 0.671. The van der Waals surface area contributed by atoms with Crippen molar-refractivity contribution in [3.05, 3.63) is 164 Å². The van der Waals surface area contributed by atoms with Crippen molar-refractivity contribution in [3.63, 3.8) is 0 Å². The van der Waals surface area contributed by atoms with Crippen LogP contribution < -0.4 is 0 Å². The average Bonchev–Trinajstić information content (AvgIpc) is 3.59. The normalized spacial score (nSPS) is 11.7. The molecule has 0 saturated heterocycles. The van der Waals surface area contributed by atoms with Gasteiger partial charge in [-0.25, -0.2) is 15.0 Å². The minimum atomic E-state index is 0.621. The summed E-state index contributed by atoms with van der Waals surface area (Å²) in [6.45, 7) is 0. The van der Waals surface area contributed by atoms with Gasteiger partial charge in [0, 0.05) is 38.6 Å². The topological polar surface area (TPSA) is 51.8 Å². The molecule has 0 N–H and O–H groups in total. The number of hydrogen-bond acceptors (Lipinski definition) is 4. The lowest BCUT2D eigenvalue weighted by Gasteiger charge is -2.11. The molecule has 0 saturated carbocycles. The Morgan fingerprint density at radius 1 is 0.306 bits per heavy atom. The Morgan fingerprint density at radius 2 is 0.714 bits per heavy atom. The van der Waals surface area contributed by atoms with E-state index in [2.05, 4.69) is 97.1 Å². The Hall–Kier alpha value is -6.65. The summed E-state index contributed by atoms with van der Waals surface area (Å²) < 4.78 is 7.01. The van der Waals surface area contributed by atoms with Crippen molar-refractivity contribution in [3.8, 4) is 56.4 Å². The summed E-state index contributed by atoms with van der Waals surface area (Å²) in [6.07, 6.45) is 0. The molecule has 228 valence electrons. The second kappa shape index (κ2) is 11.0. The van der Waals surface area contributed by atoms with E-state index in [1.165, 1.54) is 26.9 Å². The zero-order chi connectivity index (χ0) is 32.3. The highest BCUT2D eigenvalue weighted by Gasteiger charge is 2.23. The molecule has 4 nitrogen and oxygen atoms in total. The van der Waals surface area contributed by atoms with E-state index in [0.717, 1.165) is 55.5 Å². The molecule has 0 atom stereocenters. The first-order chi connectivity index (χ1) is 24.3. The molecule has 2 aromatic heterocycles. The highest BCUT2D eigenvalue weighted by atomic mass is 16.3. The molecule has 0 aliphatic rings. The van der Waals surface area contributed by atoms with Crippen molar-refractivity contribution in [2.24, 2.45) is 0 Å². The van der Waals surface area contributed by atoms with Crippen LogP contribution in [0.5, 0.6) is 0 Å². The van der Waals surface area contributed by atoms with Crippen molar-refractivity contribution < 1.29 is 4.42 Å². The van der Waals surface area contributed by atoms with Crippen molar-refractivity contribution in [2.45, 2.75) is 0 Å². The number of hydrogen-bond donors (Lipinski definition) is 0. The Balaban J connectivity index is 1.21. The highest BCUT2D eigenvalue weighted by molar-refractivity contribution is 6.35. The molecule has 0 aliphatic carbocycles. The maximum absolute atomic E-state index is 7.01. The van der Waals surface area contributed by atoms with Crippen molar-refractivity contribution in [1.29, 1.82) is 0 Å². The maximum atomic E-state index is 7.01. The number of aromatic nitrogens is 3. The Morgan fingerprint density at radius 3 is 1.24 bits per heavy atom. The van der Waals surface area contributed by atoms with E-state index in [1.807, 2.05) is 66.7 Å². The summed E-state index contributed by atoms with van der Waals surface area (Å²) in [4.78, 5) is 14.9. The van der Waals surface area contributed by atoms with Gasteiger partial charge in [-0.05, 0) is 50.9 Å². The van der Waals surface area contributed by atoms with Crippen molar-refractivity contribution in [1.82, 2.24) is 15.0 Å². The summed E-state index contributed by atoms with van der Waals surface area (Å²) in [5, 5.41) is 7.18. The molecule has 2 heterocycles. The van der Waals surface area contributed by atoms with Gasteiger partial charge in [-0.15, -0.1) is 0 Å². The van der Waals surface area contributed by atoms with Crippen LogP contribution in [-0.2, 0) is 0 Å². The van der Waals surface area contributed by atoms with Gasteiger partial charge in [0.2, 0.25) is 0 Å². The van der Waals surface area contributed by atoms with Crippen LogP contribution in [0.4, 0.5) is 0 Å². The number of nitrogens with zero attached hydrogens (tertiary/aromatic N) is 3. The molecule has 0 unspecified atom stereocenters. The second-order valence-corrected chi connectivity index (χ2v) is 12.4. The summed E-state index contributed by atoms with van der Waals surface area (Å²) in [6, 6.07) is 56.7. The molecule has 0 amide bonds. The predicted octanol–water partition coefficient (Wildman–Crippen LogP) is 11.9. The molecule has 4 heteroatoms. The van der Waals surface area contributed by atoms with Gasteiger partial charge in [-0.1, -0.05) is 146 Å². The molecule has 10 aromatic rings. The monoisotopic (exact) mass is 625 g/mol. The molecule has 49 heavy (non-hydrogen) atoms. The summed E-state index contributed by atoms with van der Waals surface area (Å²) >= 11 is 0. The molecule has 0 bridgehead atoms. The van der Waals surface area contributed by atoms with Gasteiger partial charge in [0.05, 0.1) is 0 Å². The van der Waals surface area contributed by atoms with Crippen LogP contribution in [0.15, 0.2) is 168 Å². The van der Waals surface area contributed by atoms with E-state index in [4.69, 9.17) is 19.4 Å². The van der Waals surface area contributed by atoms with Crippen LogP contribution in [-0.4, -0.2) is 15.0 Å². The smallest absolute Gasteiger partial charge is 0.164 e. The lowest BCUT2D eigenvalue weighted by atomic mass is 9.90. The summed E-state index contributed by atoms with van der Waals surface area (Å²) in [5.41, 5.74) is 8.88. The quantitative estimate of drug-likeness (QED) is 0.179. The third-order valence-corrected chi connectivity index (χ3v) is 9.49. The minimum Gasteiger partial charge on any atom is -0.455 e. The molecule has 0 spiro atoms. The van der Waals surface area contributed by atoms with Gasteiger partial charge in [0.15, 0.2) is 17.5 Å². The first-order valence-corrected chi connectivity index (χ1v) is 16.5. The standard InChI is InChI=1S/C45H27N3O/c1-4-13-28(14-5-1)33-23-25-37-35-21-10-11-22-36(35)38-26-24-34(42-40(38)39(37)41(33)49-42)31-19-12-20-32(27-31)45-47-43(29-15-6-2-7-16-29)46-44(48-45)30-17-8-3-9-18-30/h1-27H. The molecule has 0 fully saturated rings. The second-order valence-electron chi connectivity index (χ2n) is 12.4. The van der Waals surface area contributed by atoms with Gasteiger partial charge in [-0.3, -0.25) is 0 Å². The zero-order valence-corrected chi connectivity index (χ0v) is 26.3. The van der Waals surface area contributed by atoms with Crippen molar-refractivity contribution in [2.75, 3.05) is 0 Å². The summed E-state index contributed by atoms with van der Waals surface area (Å²) in [5.74, 6) is 1.90. The lowest BCUT2D eigenvalue weighted by Crippen LogP contribution is -2.00. The SMILES string of the molecule is c1ccc(-c2nc(-c3ccccc3)nc(-c3cccc(-c4ccc5c6ccccc6c6ccc(-c7ccccc7)c7oc4c5c76)c3)n2)cc1. The molecule has 0 radical (unpaired) electrons.